The van der Waals surface area contributed by atoms with Crippen molar-refractivity contribution in [3.63, 3.8) is 0 Å². The predicted octanol–water partition coefficient (Wildman–Crippen LogP) is 5.03. The largest absolute Gasteiger partial charge is 0.413 e. The summed E-state index contributed by atoms with van der Waals surface area (Å²) < 4.78 is 19.4. The van der Waals surface area contributed by atoms with Gasteiger partial charge in [-0.25, -0.2) is 0 Å². The van der Waals surface area contributed by atoms with E-state index in [2.05, 4.69) is 55.9 Å². The average Bonchev–Trinajstić information content (AvgIpc) is 2.55. The van der Waals surface area contributed by atoms with E-state index in [1.807, 2.05) is 0 Å². The third-order valence-electron chi connectivity index (χ3n) is 7.48. The molecule has 2 saturated carbocycles. The van der Waals surface area contributed by atoms with E-state index in [0.717, 1.165) is 30.2 Å². The van der Waals surface area contributed by atoms with Crippen molar-refractivity contribution in [1.82, 2.24) is 0 Å². The average molecular weight is 445 g/mol. The summed E-state index contributed by atoms with van der Waals surface area (Å²) >= 11 is 3.74. The first-order chi connectivity index (χ1) is 12.0. The molecule has 26 heavy (non-hydrogen) atoms. The van der Waals surface area contributed by atoms with Crippen LogP contribution in [0, 0.1) is 17.3 Å². The van der Waals surface area contributed by atoms with Crippen LogP contribution >= 0.6 is 15.9 Å². The minimum atomic E-state index is -2.01. The molecule has 4 aliphatic carbocycles. The molecule has 0 aromatic rings. The van der Waals surface area contributed by atoms with Crippen LogP contribution in [-0.4, -0.2) is 40.2 Å². The minimum absolute atomic E-state index is 0.0582. The van der Waals surface area contributed by atoms with Crippen LogP contribution in [0.2, 0.25) is 18.1 Å². The second-order valence-electron chi connectivity index (χ2n) is 9.65. The van der Waals surface area contributed by atoms with Gasteiger partial charge in [0.1, 0.15) is 0 Å². The Morgan fingerprint density at radius 2 is 1.81 bits per heavy atom. The quantitative estimate of drug-likeness (QED) is 0.450. The lowest BCUT2D eigenvalue weighted by atomic mass is 9.50. The predicted molar refractivity (Wildman–Crippen MR) is 109 cm³/mol. The van der Waals surface area contributed by atoms with Gasteiger partial charge in [0.25, 0.3) is 0 Å². The van der Waals surface area contributed by atoms with Crippen LogP contribution in [0.1, 0.15) is 46.5 Å². The lowest BCUT2D eigenvalue weighted by Gasteiger charge is -2.60. The van der Waals surface area contributed by atoms with E-state index in [-0.39, 0.29) is 22.8 Å². The Morgan fingerprint density at radius 3 is 2.35 bits per heavy atom. The van der Waals surface area contributed by atoms with E-state index in [9.17, 15) is 4.79 Å². The van der Waals surface area contributed by atoms with E-state index in [0.29, 0.717) is 5.92 Å². The number of halogens is 1. The lowest BCUT2D eigenvalue weighted by Crippen LogP contribution is -2.70. The molecule has 2 fully saturated rings. The van der Waals surface area contributed by atoms with Gasteiger partial charge in [-0.2, -0.15) is 0 Å². The number of ether oxygens (including phenoxy) is 2. The summed E-state index contributed by atoms with van der Waals surface area (Å²) in [4.78, 5) is 13.8. The highest BCUT2D eigenvalue weighted by molar-refractivity contribution is 9.11. The summed E-state index contributed by atoms with van der Waals surface area (Å²) in [7, 11) is 1.16. The molecule has 6 heteroatoms. The Labute approximate surface area is 167 Å². The zero-order chi connectivity index (χ0) is 19.5. The maximum absolute atomic E-state index is 13.8. The summed E-state index contributed by atoms with van der Waals surface area (Å²) in [5.41, 5.74) is -0.645. The van der Waals surface area contributed by atoms with Gasteiger partial charge in [-0.05, 0) is 43.3 Å². The molecule has 2 unspecified atom stereocenters. The van der Waals surface area contributed by atoms with Crippen molar-refractivity contribution in [2.75, 3.05) is 14.2 Å². The molecule has 2 bridgehead atoms. The number of methoxy groups -OCH3 is 2. The maximum atomic E-state index is 13.8. The molecule has 1 spiro atoms. The lowest BCUT2D eigenvalue weighted by molar-refractivity contribution is -0.256. The van der Waals surface area contributed by atoms with Crippen LogP contribution in [0.3, 0.4) is 0 Å². The fourth-order valence-electron chi connectivity index (χ4n) is 4.98. The Kier molecular flexibility index (Phi) is 5.19. The molecule has 0 N–H and O–H groups in total. The van der Waals surface area contributed by atoms with Crippen molar-refractivity contribution < 1.29 is 18.7 Å². The Hall–Kier alpha value is -0.0131. The van der Waals surface area contributed by atoms with Gasteiger partial charge in [0.15, 0.2) is 8.32 Å². The maximum Gasteiger partial charge on any atom is 0.237 e. The topological polar surface area (TPSA) is 44.8 Å². The Morgan fingerprint density at radius 1 is 1.19 bits per heavy atom. The Balaban J connectivity index is 2.09. The van der Waals surface area contributed by atoms with Gasteiger partial charge >= 0.3 is 0 Å². The monoisotopic (exact) mass is 444 g/mol. The third-order valence-corrected chi connectivity index (χ3v) is 12.7. The van der Waals surface area contributed by atoms with Gasteiger partial charge in [0.2, 0.25) is 11.6 Å². The van der Waals surface area contributed by atoms with Gasteiger partial charge in [0, 0.05) is 18.7 Å². The first-order valence-corrected chi connectivity index (χ1v) is 13.4. The molecule has 148 valence electrons. The summed E-state index contributed by atoms with van der Waals surface area (Å²) in [6.07, 6.45) is 6.06. The van der Waals surface area contributed by atoms with Crippen molar-refractivity contribution >= 4 is 30.0 Å². The van der Waals surface area contributed by atoms with E-state index in [1.54, 1.807) is 14.2 Å². The number of fused-ring (bicyclic) bond motifs is 1. The number of carbonyl (C=O) groups excluding carboxylic acids is 1. The molecule has 0 aromatic heterocycles. The van der Waals surface area contributed by atoms with E-state index < -0.39 is 19.5 Å². The zero-order valence-electron chi connectivity index (χ0n) is 17.1. The fourth-order valence-corrected chi connectivity index (χ4v) is 7.22. The molecule has 0 aromatic carbocycles. The van der Waals surface area contributed by atoms with Crippen molar-refractivity contribution in [3.8, 4) is 0 Å². The molecule has 0 radical (unpaired) electrons. The van der Waals surface area contributed by atoms with Crippen LogP contribution in [0.15, 0.2) is 10.6 Å². The molecule has 4 nitrogen and oxygen atoms in total. The summed E-state index contributed by atoms with van der Waals surface area (Å²) in [6.45, 7) is 11.3. The number of Topliss-reactive ketones (excluding diaryl/α,β-unsaturated/α-hetero) is 1. The number of ketones is 1. The number of hydrogen-bond donors (Lipinski definition) is 0. The second kappa shape index (κ2) is 6.51. The molecule has 4 aliphatic rings. The van der Waals surface area contributed by atoms with E-state index in [1.165, 1.54) is 0 Å². The van der Waals surface area contributed by atoms with Crippen molar-refractivity contribution in [1.29, 1.82) is 0 Å². The number of hydrogen-bond acceptors (Lipinski definition) is 4. The van der Waals surface area contributed by atoms with Crippen LogP contribution < -0.4 is 0 Å². The molecule has 4 atom stereocenters. The van der Waals surface area contributed by atoms with Gasteiger partial charge in [0.05, 0.1) is 17.4 Å². The Bertz CT molecular complexity index is 620. The number of rotatable bonds is 4. The van der Waals surface area contributed by atoms with Gasteiger partial charge in [-0.3, -0.25) is 4.79 Å². The highest BCUT2D eigenvalue weighted by Crippen LogP contribution is 2.63. The van der Waals surface area contributed by atoms with E-state index in [4.69, 9.17) is 13.9 Å². The first-order valence-electron chi connectivity index (χ1n) is 9.67. The normalized spacial score (nSPS) is 36.7. The zero-order valence-corrected chi connectivity index (χ0v) is 19.7. The van der Waals surface area contributed by atoms with Gasteiger partial charge in [-0.1, -0.05) is 49.2 Å². The summed E-state index contributed by atoms with van der Waals surface area (Å²) in [5.74, 6) is -0.897. The molecule has 0 amide bonds. The molecule has 0 heterocycles. The number of carbonyl (C=O) groups is 1. The third kappa shape index (κ3) is 2.66. The van der Waals surface area contributed by atoms with Gasteiger partial charge in [-0.15, -0.1) is 0 Å². The highest BCUT2D eigenvalue weighted by atomic mass is 79.9. The summed E-state index contributed by atoms with van der Waals surface area (Å²) in [5, 5.41) is 0.103. The van der Waals surface area contributed by atoms with Crippen LogP contribution in [0.4, 0.5) is 0 Å². The molecule has 4 rings (SSSR count). The molecular formula is C20H33BrO4Si. The van der Waals surface area contributed by atoms with Crippen LogP contribution in [0.5, 0.6) is 0 Å². The molecule has 0 aliphatic heterocycles. The van der Waals surface area contributed by atoms with Crippen LogP contribution in [0.25, 0.3) is 0 Å². The van der Waals surface area contributed by atoms with Crippen molar-refractivity contribution in [2.24, 2.45) is 17.3 Å². The van der Waals surface area contributed by atoms with Crippen molar-refractivity contribution in [3.05, 3.63) is 10.6 Å². The minimum Gasteiger partial charge on any atom is -0.413 e. The molecule has 0 saturated heterocycles. The SMILES string of the molecule is COC1(OC)C(=O)C23C=C(Br)C1C[C@@H]2CCC[C@@H]3O[Si](C)(C)C(C)(C)C. The highest BCUT2D eigenvalue weighted by Gasteiger charge is 2.70. The summed E-state index contributed by atoms with van der Waals surface area (Å²) in [6, 6.07) is 0. The smallest absolute Gasteiger partial charge is 0.237 e. The van der Waals surface area contributed by atoms with Gasteiger partial charge < -0.3 is 13.9 Å². The fraction of sp³-hybridized carbons (Fsp3) is 0.850. The standard InChI is InChI=1S/C20H33BrO4Si/c1-18(2,3)26(6,7)25-16-10-8-9-13-11-14-15(21)12-19(13,16)17(22)20(14,23-4)24-5/h12-14,16H,8-11H2,1-7H3/t13-,14?,16-,19?/m0/s1. The van der Waals surface area contributed by atoms with E-state index >= 15 is 0 Å². The molecular weight excluding hydrogens is 412 g/mol. The van der Waals surface area contributed by atoms with Crippen molar-refractivity contribution in [2.45, 2.75) is 76.5 Å². The second-order valence-corrected chi connectivity index (χ2v) is 15.3. The first kappa shape index (κ1) is 20.7. The van der Waals surface area contributed by atoms with Crippen LogP contribution in [-0.2, 0) is 18.7 Å².